The fourth-order valence-corrected chi connectivity index (χ4v) is 3.37. The zero-order valence-corrected chi connectivity index (χ0v) is 16.6. The number of primary sulfonamides is 1. The van der Waals surface area contributed by atoms with Crippen molar-refractivity contribution in [3.63, 3.8) is 0 Å². The fraction of sp³-hybridized carbons (Fsp3) is 0.222. The second-order valence-electron chi connectivity index (χ2n) is 5.82. The van der Waals surface area contributed by atoms with Gasteiger partial charge in [0.15, 0.2) is 0 Å². The van der Waals surface area contributed by atoms with Crippen LogP contribution in [0, 0.1) is 0 Å². The smallest absolute Gasteiger partial charge is 0.252 e. The number of ether oxygens (including phenoxy) is 1. The van der Waals surface area contributed by atoms with Gasteiger partial charge >= 0.3 is 0 Å². The number of benzene rings is 2. The number of halogens is 1. The molecule has 0 aromatic heterocycles. The van der Waals surface area contributed by atoms with Gasteiger partial charge in [-0.25, -0.2) is 13.6 Å². The van der Waals surface area contributed by atoms with E-state index in [4.69, 9.17) is 21.5 Å². The molecule has 150 valence electrons. The van der Waals surface area contributed by atoms with E-state index in [9.17, 15) is 18.0 Å². The Hall–Kier alpha value is -2.46. The molecule has 0 radical (unpaired) electrons. The number of carbonyl (C=O) groups excluding carboxylic acids is 2. The van der Waals surface area contributed by atoms with E-state index < -0.39 is 26.7 Å². The number of hydrogen-bond acceptors (Lipinski definition) is 5. The van der Waals surface area contributed by atoms with Gasteiger partial charge in [-0.05, 0) is 29.8 Å². The number of nitrogens with two attached hydrogens (primary N) is 1. The van der Waals surface area contributed by atoms with Gasteiger partial charge in [0, 0.05) is 24.4 Å². The molecule has 0 heterocycles. The Kier molecular flexibility index (Phi) is 7.53. The average Bonchev–Trinajstić information content (AvgIpc) is 2.63. The quantitative estimate of drug-likeness (QED) is 0.553. The minimum atomic E-state index is -4.20. The van der Waals surface area contributed by atoms with Crippen LogP contribution in [-0.4, -0.2) is 40.5 Å². The summed E-state index contributed by atoms with van der Waals surface area (Å²) >= 11 is 6.03. The molecule has 0 saturated carbocycles. The van der Waals surface area contributed by atoms with Gasteiger partial charge in [0.25, 0.3) is 5.91 Å². The molecule has 28 heavy (non-hydrogen) atoms. The molecule has 2 aromatic carbocycles. The molecule has 0 spiro atoms. The van der Waals surface area contributed by atoms with E-state index in [1.54, 1.807) is 24.3 Å². The maximum Gasteiger partial charge on any atom is 0.252 e. The number of rotatable bonds is 8. The van der Waals surface area contributed by atoms with Crippen LogP contribution in [0.4, 0.5) is 5.69 Å². The van der Waals surface area contributed by atoms with Gasteiger partial charge in [0.2, 0.25) is 15.9 Å². The highest BCUT2D eigenvalue weighted by molar-refractivity contribution is 7.89. The summed E-state index contributed by atoms with van der Waals surface area (Å²) in [4.78, 5) is 24.1. The van der Waals surface area contributed by atoms with E-state index in [-0.39, 0.29) is 30.8 Å². The number of methoxy groups -OCH3 is 1. The molecule has 2 aromatic rings. The van der Waals surface area contributed by atoms with E-state index in [2.05, 4.69) is 10.6 Å². The third-order valence-corrected chi connectivity index (χ3v) is 5.04. The van der Waals surface area contributed by atoms with Gasteiger partial charge in [0.05, 0.1) is 23.5 Å². The SMILES string of the molecule is COCCNC(=O)c1ccc(NC(=O)Cc2ccccc2Cl)cc1S(N)(=O)=O. The molecule has 0 atom stereocenters. The highest BCUT2D eigenvalue weighted by Crippen LogP contribution is 2.21. The second-order valence-corrected chi connectivity index (χ2v) is 7.76. The van der Waals surface area contributed by atoms with E-state index in [0.29, 0.717) is 10.6 Å². The Labute approximate surface area is 168 Å². The highest BCUT2D eigenvalue weighted by atomic mass is 35.5. The maximum absolute atomic E-state index is 12.2. The van der Waals surface area contributed by atoms with Gasteiger partial charge in [-0.2, -0.15) is 0 Å². The first kappa shape index (κ1) is 21.8. The summed E-state index contributed by atoms with van der Waals surface area (Å²) in [6, 6.07) is 10.7. The first-order chi connectivity index (χ1) is 13.2. The number of nitrogens with one attached hydrogen (secondary N) is 2. The number of amides is 2. The normalized spacial score (nSPS) is 11.1. The first-order valence-electron chi connectivity index (χ1n) is 8.19. The number of sulfonamides is 1. The summed E-state index contributed by atoms with van der Waals surface area (Å²) in [7, 11) is -2.72. The van der Waals surface area contributed by atoms with Crippen molar-refractivity contribution in [3.8, 4) is 0 Å². The van der Waals surface area contributed by atoms with Crippen LogP contribution in [0.2, 0.25) is 5.02 Å². The summed E-state index contributed by atoms with van der Waals surface area (Å²) in [6.45, 7) is 0.475. The zero-order valence-electron chi connectivity index (χ0n) is 15.1. The monoisotopic (exact) mass is 425 g/mol. The Bertz CT molecular complexity index is 979. The Morgan fingerprint density at radius 2 is 1.89 bits per heavy atom. The van der Waals surface area contributed by atoms with Crippen molar-refractivity contribution < 1.29 is 22.7 Å². The second kappa shape index (κ2) is 9.65. The summed E-state index contributed by atoms with van der Waals surface area (Å²) in [5, 5.41) is 10.8. The van der Waals surface area contributed by atoms with E-state index in [0.717, 1.165) is 6.07 Å². The number of anilines is 1. The lowest BCUT2D eigenvalue weighted by Crippen LogP contribution is -2.29. The fourth-order valence-electron chi connectivity index (χ4n) is 2.40. The standard InChI is InChI=1S/C18H20ClN3O5S/c1-27-9-8-21-18(24)14-7-6-13(11-16(14)28(20,25)26)22-17(23)10-12-4-2-3-5-15(12)19/h2-7,11H,8-10H2,1H3,(H,21,24)(H,22,23)(H2,20,25,26). The third-order valence-electron chi connectivity index (χ3n) is 3.72. The van der Waals surface area contributed by atoms with Crippen LogP contribution in [0.1, 0.15) is 15.9 Å². The molecule has 0 fully saturated rings. The molecule has 0 aliphatic rings. The molecule has 0 unspecified atom stereocenters. The van der Waals surface area contributed by atoms with E-state index >= 15 is 0 Å². The number of hydrogen-bond donors (Lipinski definition) is 3. The molecule has 0 bridgehead atoms. The molecule has 2 rings (SSSR count). The number of carbonyl (C=O) groups is 2. The van der Waals surface area contributed by atoms with Crippen LogP contribution in [-0.2, 0) is 26.0 Å². The molecular weight excluding hydrogens is 406 g/mol. The molecule has 0 saturated heterocycles. The molecule has 4 N–H and O–H groups in total. The Balaban J connectivity index is 2.21. The van der Waals surface area contributed by atoms with Crippen LogP contribution >= 0.6 is 11.6 Å². The van der Waals surface area contributed by atoms with Crippen molar-refractivity contribution in [2.24, 2.45) is 5.14 Å². The zero-order chi connectivity index (χ0) is 20.7. The van der Waals surface area contributed by atoms with Crippen LogP contribution < -0.4 is 15.8 Å². The van der Waals surface area contributed by atoms with Crippen molar-refractivity contribution in [3.05, 3.63) is 58.6 Å². The van der Waals surface area contributed by atoms with Gasteiger partial charge in [-0.15, -0.1) is 0 Å². The van der Waals surface area contributed by atoms with Crippen molar-refractivity contribution in [2.75, 3.05) is 25.6 Å². The van der Waals surface area contributed by atoms with E-state index in [1.165, 1.54) is 19.2 Å². The summed E-state index contributed by atoms with van der Waals surface area (Å²) in [5.74, 6) is -1.01. The Morgan fingerprint density at radius 3 is 2.54 bits per heavy atom. The van der Waals surface area contributed by atoms with Crippen LogP contribution in [0.5, 0.6) is 0 Å². The predicted octanol–water partition coefficient (Wildman–Crippen LogP) is 1.54. The lowest BCUT2D eigenvalue weighted by atomic mass is 10.1. The minimum absolute atomic E-state index is 0.00361. The van der Waals surface area contributed by atoms with Gasteiger partial charge in [-0.1, -0.05) is 29.8 Å². The predicted molar refractivity (Wildman–Crippen MR) is 106 cm³/mol. The molecule has 0 aliphatic carbocycles. The van der Waals surface area contributed by atoms with Crippen molar-refractivity contribution in [2.45, 2.75) is 11.3 Å². The lowest BCUT2D eigenvalue weighted by molar-refractivity contribution is -0.115. The summed E-state index contributed by atoms with van der Waals surface area (Å²) < 4.78 is 28.6. The highest BCUT2D eigenvalue weighted by Gasteiger charge is 2.20. The van der Waals surface area contributed by atoms with Crippen LogP contribution in [0.3, 0.4) is 0 Å². The third kappa shape index (κ3) is 6.03. The molecule has 10 heteroatoms. The van der Waals surface area contributed by atoms with Gasteiger partial charge in [0.1, 0.15) is 0 Å². The van der Waals surface area contributed by atoms with Crippen molar-refractivity contribution in [1.29, 1.82) is 0 Å². The van der Waals surface area contributed by atoms with Crippen LogP contribution in [0.25, 0.3) is 0 Å². The Morgan fingerprint density at radius 1 is 1.18 bits per heavy atom. The molecule has 2 amide bonds. The van der Waals surface area contributed by atoms with Gasteiger partial charge < -0.3 is 15.4 Å². The molecule has 8 nitrogen and oxygen atoms in total. The lowest BCUT2D eigenvalue weighted by Gasteiger charge is -2.12. The average molecular weight is 426 g/mol. The maximum atomic E-state index is 12.2. The first-order valence-corrected chi connectivity index (χ1v) is 10.1. The summed E-state index contributed by atoms with van der Waals surface area (Å²) in [5.41, 5.74) is 0.694. The van der Waals surface area contributed by atoms with Crippen molar-refractivity contribution in [1.82, 2.24) is 5.32 Å². The minimum Gasteiger partial charge on any atom is -0.383 e. The van der Waals surface area contributed by atoms with Crippen LogP contribution in [0.15, 0.2) is 47.4 Å². The van der Waals surface area contributed by atoms with E-state index in [1.807, 2.05) is 0 Å². The molecule has 0 aliphatic heterocycles. The van der Waals surface area contributed by atoms with Gasteiger partial charge in [-0.3, -0.25) is 9.59 Å². The largest absolute Gasteiger partial charge is 0.383 e. The summed E-state index contributed by atoms with van der Waals surface area (Å²) in [6.07, 6.45) is 0.00361. The topological polar surface area (TPSA) is 128 Å². The molecular formula is C18H20ClN3O5S. The van der Waals surface area contributed by atoms with Crippen molar-refractivity contribution >= 4 is 39.1 Å².